The number of benzene rings is 1. The van der Waals surface area contributed by atoms with E-state index in [1.807, 2.05) is 0 Å². The summed E-state index contributed by atoms with van der Waals surface area (Å²) in [6, 6.07) is 1.44. The topological polar surface area (TPSA) is 189 Å². The Balaban J connectivity index is 1.95. The normalized spacial score (nSPS) is 19.7. The maximum atomic E-state index is 14.4. The van der Waals surface area contributed by atoms with Crippen molar-refractivity contribution in [3.05, 3.63) is 36.9 Å². The Morgan fingerprint density at radius 2 is 1.69 bits per heavy atom. The van der Waals surface area contributed by atoms with Crippen LogP contribution < -0.4 is 25.4 Å². The van der Waals surface area contributed by atoms with E-state index in [1.165, 1.54) is 42.4 Å². The fourth-order valence-corrected chi connectivity index (χ4v) is 7.39. The summed E-state index contributed by atoms with van der Waals surface area (Å²) in [6.07, 6.45) is 5.16. The van der Waals surface area contributed by atoms with Crippen molar-refractivity contribution in [2.75, 3.05) is 20.2 Å². The number of nitrogens with one attached hydrogen (secondary N) is 4. The molecule has 1 aromatic rings. The molecule has 1 saturated carbocycles. The monoisotopic (exact) mass is 705 g/mol. The summed E-state index contributed by atoms with van der Waals surface area (Å²) < 4.78 is 40.0. The van der Waals surface area contributed by atoms with Gasteiger partial charge in [0.2, 0.25) is 27.6 Å². The van der Waals surface area contributed by atoms with Crippen molar-refractivity contribution >= 4 is 39.6 Å². The first kappa shape index (κ1) is 39.5. The van der Waals surface area contributed by atoms with E-state index in [4.69, 9.17) is 9.47 Å². The maximum absolute atomic E-state index is 14.4. The number of sulfonamides is 1. The molecule has 272 valence electrons. The van der Waals surface area contributed by atoms with Gasteiger partial charge in [0.1, 0.15) is 23.4 Å². The van der Waals surface area contributed by atoms with E-state index in [0.717, 1.165) is 19.3 Å². The molecule has 4 N–H and O–H groups in total. The van der Waals surface area contributed by atoms with Gasteiger partial charge in [-0.1, -0.05) is 38.7 Å². The van der Waals surface area contributed by atoms with Crippen molar-refractivity contribution in [1.82, 2.24) is 25.6 Å². The molecule has 49 heavy (non-hydrogen) atoms. The lowest BCUT2D eigenvalue weighted by atomic mass is 9.83. The standard InChI is InChI=1S/C34H51N5O9S/c1-7-12-26(29(40)31(42)35-19-8-2)36-30(41)27-20-23(38-49(45,46)25-17-15-24(47-6)16-18-25)21-39(27)32(43)28(22-13-10-9-11-14-22)37-33(44)48-34(3,4)5/h8,15-18,22-23,26-28,38H,2,7,9-14,19-21H2,1,3-6H3,(H,35,42)(H,36,41)(H,37,44). The molecule has 0 radical (unpaired) electrons. The second kappa shape index (κ2) is 17.6. The average Bonchev–Trinajstić information content (AvgIpc) is 3.48. The number of hydrogen-bond acceptors (Lipinski definition) is 9. The Bertz CT molecular complexity index is 1450. The first-order valence-corrected chi connectivity index (χ1v) is 18.3. The van der Waals surface area contributed by atoms with E-state index in [-0.39, 0.29) is 36.7 Å². The van der Waals surface area contributed by atoms with Gasteiger partial charge in [0.15, 0.2) is 0 Å². The molecule has 3 rings (SSSR count). The number of hydrogen-bond donors (Lipinski definition) is 4. The summed E-state index contributed by atoms with van der Waals surface area (Å²) in [5.41, 5.74) is -0.829. The Labute approximate surface area is 289 Å². The van der Waals surface area contributed by atoms with Crippen LogP contribution in [0, 0.1) is 5.92 Å². The zero-order chi connectivity index (χ0) is 36.4. The molecule has 2 aliphatic rings. The van der Waals surface area contributed by atoms with Gasteiger partial charge in [-0.15, -0.1) is 6.58 Å². The van der Waals surface area contributed by atoms with Gasteiger partial charge in [-0.25, -0.2) is 17.9 Å². The van der Waals surface area contributed by atoms with E-state index in [9.17, 15) is 32.4 Å². The number of amides is 4. The summed E-state index contributed by atoms with van der Waals surface area (Å²) >= 11 is 0. The van der Waals surface area contributed by atoms with E-state index >= 15 is 0 Å². The average molecular weight is 706 g/mol. The van der Waals surface area contributed by atoms with Gasteiger partial charge in [0, 0.05) is 19.1 Å². The molecular formula is C34H51N5O9S. The molecule has 0 bridgehead atoms. The molecule has 2 fully saturated rings. The van der Waals surface area contributed by atoms with Crippen LogP contribution in [-0.2, 0) is 33.9 Å². The highest BCUT2D eigenvalue weighted by Crippen LogP contribution is 2.30. The van der Waals surface area contributed by atoms with Gasteiger partial charge in [0.05, 0.1) is 18.0 Å². The van der Waals surface area contributed by atoms with E-state index in [1.54, 1.807) is 27.7 Å². The first-order chi connectivity index (χ1) is 23.1. The highest BCUT2D eigenvalue weighted by molar-refractivity contribution is 7.89. The number of carbonyl (C=O) groups is 5. The largest absolute Gasteiger partial charge is 0.497 e. The van der Waals surface area contributed by atoms with Gasteiger partial charge >= 0.3 is 6.09 Å². The summed E-state index contributed by atoms with van der Waals surface area (Å²) in [4.78, 5) is 68.0. The Morgan fingerprint density at radius 1 is 1.04 bits per heavy atom. The van der Waals surface area contributed by atoms with Crippen LogP contribution in [0.4, 0.5) is 4.79 Å². The van der Waals surface area contributed by atoms with E-state index in [0.29, 0.717) is 25.0 Å². The van der Waals surface area contributed by atoms with Crippen molar-refractivity contribution in [3.8, 4) is 5.75 Å². The van der Waals surface area contributed by atoms with Crippen LogP contribution in [0.25, 0.3) is 0 Å². The Morgan fingerprint density at radius 3 is 2.27 bits per heavy atom. The van der Waals surface area contributed by atoms with Crippen LogP contribution in [0.5, 0.6) is 5.75 Å². The Kier molecular flexibility index (Phi) is 14.2. The van der Waals surface area contributed by atoms with Crippen LogP contribution in [0.3, 0.4) is 0 Å². The summed E-state index contributed by atoms with van der Waals surface area (Å²) in [5.74, 6) is -2.79. The van der Waals surface area contributed by atoms with Crippen molar-refractivity contribution in [1.29, 1.82) is 0 Å². The predicted molar refractivity (Wildman–Crippen MR) is 182 cm³/mol. The van der Waals surface area contributed by atoms with Crippen LogP contribution in [0.1, 0.15) is 79.1 Å². The van der Waals surface area contributed by atoms with Crippen LogP contribution >= 0.6 is 0 Å². The fourth-order valence-electron chi connectivity index (χ4n) is 6.15. The quantitative estimate of drug-likeness (QED) is 0.157. The third-order valence-corrected chi connectivity index (χ3v) is 10.0. The first-order valence-electron chi connectivity index (χ1n) is 16.8. The van der Waals surface area contributed by atoms with Gasteiger partial charge in [-0.2, -0.15) is 0 Å². The molecule has 4 unspecified atom stereocenters. The molecule has 1 aromatic carbocycles. The molecule has 15 heteroatoms. The minimum absolute atomic E-state index is 0.0371. The molecule has 1 saturated heterocycles. The third kappa shape index (κ3) is 11.3. The Hall–Kier alpha value is -3.98. The highest BCUT2D eigenvalue weighted by Gasteiger charge is 2.46. The van der Waals surface area contributed by atoms with Crippen LogP contribution in [0.2, 0.25) is 0 Å². The van der Waals surface area contributed by atoms with Gasteiger partial charge in [0.25, 0.3) is 5.91 Å². The number of likely N-dealkylation sites (tertiary alicyclic amines) is 1. The minimum atomic E-state index is -4.09. The molecule has 4 amide bonds. The van der Waals surface area contributed by atoms with Gasteiger partial charge in [-0.05, 0) is 76.6 Å². The molecule has 0 aromatic heterocycles. The van der Waals surface area contributed by atoms with Crippen LogP contribution in [-0.4, -0.2) is 92.9 Å². The van der Waals surface area contributed by atoms with E-state index < -0.39 is 69.4 Å². The maximum Gasteiger partial charge on any atom is 0.408 e. The second-order valence-electron chi connectivity index (χ2n) is 13.5. The summed E-state index contributed by atoms with van der Waals surface area (Å²) in [7, 11) is -2.63. The van der Waals surface area contributed by atoms with Gasteiger partial charge in [-0.3, -0.25) is 19.2 Å². The lowest BCUT2D eigenvalue weighted by Crippen LogP contribution is -2.58. The molecule has 1 aliphatic carbocycles. The lowest BCUT2D eigenvalue weighted by molar-refractivity contribution is -0.143. The zero-order valence-corrected chi connectivity index (χ0v) is 29.9. The predicted octanol–water partition coefficient (Wildman–Crippen LogP) is 2.57. The molecule has 14 nitrogen and oxygen atoms in total. The molecule has 0 spiro atoms. The van der Waals surface area contributed by atoms with Crippen LogP contribution in [0.15, 0.2) is 41.8 Å². The number of carbonyl (C=O) groups excluding carboxylic acids is 5. The number of ether oxygens (including phenoxy) is 2. The fraction of sp³-hybridized carbons (Fsp3) is 0.618. The number of Topliss-reactive ketones (excluding diaryl/α,β-unsaturated/α-hetero) is 1. The SMILES string of the molecule is C=CCNC(=O)C(=O)C(CCC)NC(=O)C1CC(NS(=O)(=O)c2ccc(OC)cc2)CN1C(=O)C(NC(=O)OC(C)(C)C)C1CCCCC1. The summed E-state index contributed by atoms with van der Waals surface area (Å²) in [5, 5.41) is 7.81. The number of nitrogens with zero attached hydrogens (tertiary/aromatic N) is 1. The lowest BCUT2D eigenvalue weighted by Gasteiger charge is -2.35. The molecular weight excluding hydrogens is 654 g/mol. The third-order valence-electron chi connectivity index (χ3n) is 8.48. The highest BCUT2D eigenvalue weighted by atomic mass is 32.2. The number of alkyl carbamates (subject to hydrolysis) is 1. The van der Waals surface area contributed by atoms with Crippen molar-refractivity contribution < 1.29 is 41.9 Å². The molecule has 1 heterocycles. The van der Waals surface area contributed by atoms with Crippen molar-refractivity contribution in [3.63, 3.8) is 0 Å². The smallest absolute Gasteiger partial charge is 0.408 e. The molecule has 1 aliphatic heterocycles. The number of rotatable bonds is 15. The van der Waals surface area contributed by atoms with E-state index in [2.05, 4.69) is 27.3 Å². The minimum Gasteiger partial charge on any atom is -0.497 e. The number of methoxy groups -OCH3 is 1. The molecule has 4 atom stereocenters. The summed E-state index contributed by atoms with van der Waals surface area (Å²) in [6.45, 7) is 10.3. The van der Waals surface area contributed by atoms with Gasteiger partial charge < -0.3 is 30.3 Å². The zero-order valence-electron chi connectivity index (χ0n) is 29.1. The second-order valence-corrected chi connectivity index (χ2v) is 15.2. The van der Waals surface area contributed by atoms with Crippen molar-refractivity contribution in [2.45, 2.75) is 114 Å². The van der Waals surface area contributed by atoms with Crippen molar-refractivity contribution in [2.24, 2.45) is 5.92 Å². The number of ketones is 1.